The summed E-state index contributed by atoms with van der Waals surface area (Å²) in [5.41, 5.74) is -0.787. The van der Waals surface area contributed by atoms with Crippen LogP contribution in [0.25, 0.3) is 0 Å². The summed E-state index contributed by atoms with van der Waals surface area (Å²) in [7, 11) is 1.34. The van der Waals surface area contributed by atoms with Crippen LogP contribution in [0.15, 0.2) is 54.7 Å². The molecule has 3 aromatic rings. The van der Waals surface area contributed by atoms with Gasteiger partial charge in [0, 0.05) is 18.8 Å². The van der Waals surface area contributed by atoms with Crippen LogP contribution in [0.3, 0.4) is 0 Å². The van der Waals surface area contributed by atoms with Crippen molar-refractivity contribution in [2.75, 3.05) is 17.3 Å². The number of ether oxygens (including phenoxy) is 1. The standard InChI is InChI=1S/C18H13F4N3O2S/c1-25(13-6-2-4-11(8-13)18(20,21)22)17(26)24-16-23-10-15(28-16)27-14-7-3-5-12(19)9-14/h2-10H,1H3,(H,23,24,26). The zero-order valence-corrected chi connectivity index (χ0v) is 15.1. The van der Waals surface area contributed by atoms with Gasteiger partial charge in [-0.15, -0.1) is 0 Å². The molecule has 0 aliphatic carbocycles. The van der Waals surface area contributed by atoms with Crippen LogP contribution in [-0.2, 0) is 6.18 Å². The molecule has 0 unspecified atom stereocenters. The van der Waals surface area contributed by atoms with Crippen molar-refractivity contribution in [2.24, 2.45) is 0 Å². The van der Waals surface area contributed by atoms with Crippen LogP contribution in [0, 0.1) is 5.82 Å². The lowest BCUT2D eigenvalue weighted by Crippen LogP contribution is -2.31. The van der Waals surface area contributed by atoms with Gasteiger partial charge in [-0.1, -0.05) is 23.5 Å². The molecule has 0 aliphatic rings. The second-order valence-corrected chi connectivity index (χ2v) is 6.57. The number of halogens is 4. The lowest BCUT2D eigenvalue weighted by atomic mass is 10.2. The van der Waals surface area contributed by atoms with E-state index in [1.54, 1.807) is 6.07 Å². The van der Waals surface area contributed by atoms with Gasteiger partial charge in [-0.25, -0.2) is 14.2 Å². The molecule has 0 saturated carbocycles. The van der Waals surface area contributed by atoms with Gasteiger partial charge >= 0.3 is 12.2 Å². The van der Waals surface area contributed by atoms with Gasteiger partial charge in [-0.3, -0.25) is 10.2 Å². The molecule has 0 saturated heterocycles. The minimum atomic E-state index is -4.51. The first-order valence-electron chi connectivity index (χ1n) is 7.83. The highest BCUT2D eigenvalue weighted by Crippen LogP contribution is 2.33. The Morgan fingerprint density at radius 3 is 2.64 bits per heavy atom. The molecule has 1 aromatic heterocycles. The van der Waals surface area contributed by atoms with Gasteiger partial charge in [0.1, 0.15) is 11.6 Å². The molecule has 0 spiro atoms. The Kier molecular flexibility index (Phi) is 5.50. The minimum Gasteiger partial charge on any atom is -0.445 e. The van der Waals surface area contributed by atoms with Crippen molar-refractivity contribution in [2.45, 2.75) is 6.18 Å². The van der Waals surface area contributed by atoms with Gasteiger partial charge < -0.3 is 4.74 Å². The predicted octanol–water partition coefficient (Wildman–Crippen LogP) is 5.76. The van der Waals surface area contributed by atoms with Crippen LogP contribution in [0.4, 0.5) is 33.2 Å². The Morgan fingerprint density at radius 2 is 1.93 bits per heavy atom. The third kappa shape index (κ3) is 4.77. The summed E-state index contributed by atoms with van der Waals surface area (Å²) in [5, 5.41) is 2.96. The first-order chi connectivity index (χ1) is 13.2. The van der Waals surface area contributed by atoms with Gasteiger partial charge in [0.15, 0.2) is 5.13 Å². The van der Waals surface area contributed by atoms with Gasteiger partial charge in [0.25, 0.3) is 0 Å². The highest BCUT2D eigenvalue weighted by Gasteiger charge is 2.31. The van der Waals surface area contributed by atoms with Crippen molar-refractivity contribution in [3.05, 3.63) is 66.1 Å². The fourth-order valence-corrected chi connectivity index (χ4v) is 2.87. The number of thiazole rings is 1. The maximum atomic E-state index is 13.2. The average Bonchev–Trinajstić information content (AvgIpc) is 3.07. The number of nitrogens with one attached hydrogen (secondary N) is 1. The van der Waals surface area contributed by atoms with E-state index < -0.39 is 23.6 Å². The number of carbonyl (C=O) groups excluding carboxylic acids is 1. The van der Waals surface area contributed by atoms with E-state index in [0.29, 0.717) is 5.06 Å². The molecule has 2 aromatic carbocycles. The Bertz CT molecular complexity index is 991. The first kappa shape index (κ1) is 19.6. The zero-order valence-electron chi connectivity index (χ0n) is 14.3. The van der Waals surface area contributed by atoms with Crippen LogP contribution < -0.4 is 15.0 Å². The number of carbonyl (C=O) groups is 1. The molecule has 1 N–H and O–H groups in total. The molecule has 0 aliphatic heterocycles. The number of aromatic nitrogens is 1. The van der Waals surface area contributed by atoms with E-state index >= 15 is 0 Å². The van der Waals surface area contributed by atoms with E-state index in [1.165, 1.54) is 43.6 Å². The zero-order chi connectivity index (χ0) is 20.3. The Morgan fingerprint density at radius 1 is 1.18 bits per heavy atom. The molecule has 146 valence electrons. The van der Waals surface area contributed by atoms with Crippen molar-refractivity contribution in [3.63, 3.8) is 0 Å². The van der Waals surface area contributed by atoms with E-state index in [9.17, 15) is 22.4 Å². The molecule has 0 radical (unpaired) electrons. The fraction of sp³-hybridized carbons (Fsp3) is 0.111. The van der Waals surface area contributed by atoms with E-state index in [2.05, 4.69) is 10.3 Å². The quantitative estimate of drug-likeness (QED) is 0.555. The van der Waals surface area contributed by atoms with Crippen LogP contribution in [-0.4, -0.2) is 18.1 Å². The summed E-state index contributed by atoms with van der Waals surface area (Å²) in [4.78, 5) is 17.3. The third-order valence-electron chi connectivity index (χ3n) is 3.58. The maximum Gasteiger partial charge on any atom is 0.416 e. The second-order valence-electron chi connectivity index (χ2n) is 5.58. The Balaban J connectivity index is 1.67. The van der Waals surface area contributed by atoms with Crippen molar-refractivity contribution in [1.29, 1.82) is 0 Å². The molecule has 0 atom stereocenters. The normalized spacial score (nSPS) is 11.2. The van der Waals surface area contributed by atoms with Gasteiger partial charge in [-0.05, 0) is 30.3 Å². The number of alkyl halides is 3. The van der Waals surface area contributed by atoms with Crippen molar-refractivity contribution < 1.29 is 27.1 Å². The number of anilines is 2. The first-order valence-corrected chi connectivity index (χ1v) is 8.65. The highest BCUT2D eigenvalue weighted by atomic mass is 32.1. The largest absolute Gasteiger partial charge is 0.445 e. The maximum absolute atomic E-state index is 13.2. The summed E-state index contributed by atoms with van der Waals surface area (Å²) < 4.78 is 57.1. The molecule has 10 heteroatoms. The number of hydrogen-bond acceptors (Lipinski definition) is 4. The number of amides is 2. The molecule has 1 heterocycles. The number of urea groups is 1. The predicted molar refractivity (Wildman–Crippen MR) is 97.5 cm³/mol. The van der Waals surface area contributed by atoms with Crippen molar-refractivity contribution in [3.8, 4) is 10.8 Å². The highest BCUT2D eigenvalue weighted by molar-refractivity contribution is 7.17. The van der Waals surface area contributed by atoms with Crippen LogP contribution in [0.5, 0.6) is 10.8 Å². The van der Waals surface area contributed by atoms with Gasteiger partial charge in [0.2, 0.25) is 5.06 Å². The third-order valence-corrected chi connectivity index (χ3v) is 4.37. The van der Waals surface area contributed by atoms with Gasteiger partial charge in [0.05, 0.1) is 11.8 Å². The average molecular weight is 411 g/mol. The monoisotopic (exact) mass is 411 g/mol. The fourth-order valence-electron chi connectivity index (χ4n) is 2.19. The van der Waals surface area contributed by atoms with E-state index in [1.807, 2.05) is 0 Å². The van der Waals surface area contributed by atoms with Crippen LogP contribution >= 0.6 is 11.3 Å². The van der Waals surface area contributed by atoms with E-state index in [0.717, 1.165) is 28.4 Å². The lowest BCUT2D eigenvalue weighted by Gasteiger charge is -2.18. The van der Waals surface area contributed by atoms with E-state index in [-0.39, 0.29) is 16.6 Å². The summed E-state index contributed by atoms with van der Waals surface area (Å²) >= 11 is 0.988. The Hall–Kier alpha value is -3.14. The van der Waals surface area contributed by atoms with Gasteiger partial charge in [-0.2, -0.15) is 13.2 Å². The summed E-state index contributed by atoms with van der Waals surface area (Å²) in [6.07, 6.45) is -3.17. The number of nitrogens with zero attached hydrogens (tertiary/aromatic N) is 2. The summed E-state index contributed by atoms with van der Waals surface area (Å²) in [5.74, 6) is -0.194. The summed E-state index contributed by atoms with van der Waals surface area (Å²) in [6, 6.07) is 9.23. The molecule has 0 fully saturated rings. The molecule has 3 rings (SSSR count). The molecule has 2 amide bonds. The molecular weight excluding hydrogens is 398 g/mol. The van der Waals surface area contributed by atoms with E-state index in [4.69, 9.17) is 4.74 Å². The van der Waals surface area contributed by atoms with Crippen molar-refractivity contribution in [1.82, 2.24) is 4.98 Å². The smallest absolute Gasteiger partial charge is 0.416 e. The van der Waals surface area contributed by atoms with Crippen LogP contribution in [0.2, 0.25) is 0 Å². The molecule has 0 bridgehead atoms. The Labute approximate surface area is 161 Å². The second kappa shape index (κ2) is 7.85. The molecule has 28 heavy (non-hydrogen) atoms. The van der Waals surface area contributed by atoms with Crippen LogP contribution in [0.1, 0.15) is 5.56 Å². The SMILES string of the molecule is CN(C(=O)Nc1ncc(Oc2cccc(F)c2)s1)c1cccc(C(F)(F)F)c1. The number of benzene rings is 2. The lowest BCUT2D eigenvalue weighted by molar-refractivity contribution is -0.137. The summed E-state index contributed by atoms with van der Waals surface area (Å²) in [6.45, 7) is 0. The van der Waals surface area contributed by atoms with Crippen molar-refractivity contribution >= 4 is 28.2 Å². The molecule has 5 nitrogen and oxygen atoms in total. The number of rotatable bonds is 4. The topological polar surface area (TPSA) is 54.5 Å². The minimum absolute atomic E-state index is 0.0696. The molecular formula is C18H13F4N3O2S. The number of hydrogen-bond donors (Lipinski definition) is 1.